The molecule has 0 aromatic heterocycles. The van der Waals surface area contributed by atoms with E-state index in [1.54, 1.807) is 36.5 Å². The highest BCUT2D eigenvalue weighted by Crippen LogP contribution is 2.18. The van der Waals surface area contributed by atoms with Crippen LogP contribution in [0, 0.1) is 5.82 Å². The Morgan fingerprint density at radius 3 is 2.43 bits per heavy atom. The number of Topliss-reactive ketones (excluding diaryl/α,β-unsaturated/α-hetero) is 1. The fourth-order valence-corrected chi connectivity index (χ4v) is 2.07. The van der Waals surface area contributed by atoms with Gasteiger partial charge in [0.25, 0.3) is 0 Å². The van der Waals surface area contributed by atoms with Crippen molar-refractivity contribution in [3.05, 3.63) is 71.2 Å². The molecule has 2 rings (SSSR count). The molecule has 0 saturated heterocycles. The summed E-state index contributed by atoms with van der Waals surface area (Å²) in [7, 11) is 0. The van der Waals surface area contributed by atoms with Crippen molar-refractivity contribution in [2.24, 2.45) is 16.5 Å². The third-order valence-electron chi connectivity index (χ3n) is 3.33. The number of aliphatic imine (C=N–C) groups is 1. The number of ketones is 1. The Bertz CT molecular complexity index is 764. The minimum absolute atomic E-state index is 0.00264. The third kappa shape index (κ3) is 4.34. The summed E-state index contributed by atoms with van der Waals surface area (Å²) in [6, 6.07) is 11.4. The van der Waals surface area contributed by atoms with Crippen LogP contribution in [0.4, 0.5) is 10.1 Å². The van der Waals surface area contributed by atoms with Gasteiger partial charge in [0.05, 0.1) is 5.69 Å². The smallest absolute Gasteiger partial charge is 0.159 e. The van der Waals surface area contributed by atoms with E-state index in [2.05, 4.69) is 4.99 Å². The molecule has 2 aromatic rings. The van der Waals surface area contributed by atoms with Crippen molar-refractivity contribution in [1.82, 2.24) is 0 Å². The van der Waals surface area contributed by atoms with Gasteiger partial charge in [-0.3, -0.25) is 9.79 Å². The fourth-order valence-electron chi connectivity index (χ4n) is 2.07. The molecule has 0 heterocycles. The highest BCUT2D eigenvalue weighted by atomic mass is 19.1. The molecule has 23 heavy (non-hydrogen) atoms. The molecule has 118 valence electrons. The number of nitrogens with zero attached hydrogens (tertiary/aromatic N) is 1. The van der Waals surface area contributed by atoms with Crippen LogP contribution in [0.3, 0.4) is 0 Å². The zero-order valence-corrected chi connectivity index (χ0v) is 12.8. The zero-order chi connectivity index (χ0) is 16.8. The number of hydrogen-bond acceptors (Lipinski definition) is 4. The molecule has 0 aliphatic heterocycles. The quantitative estimate of drug-likeness (QED) is 0.657. The molecule has 0 radical (unpaired) electrons. The van der Waals surface area contributed by atoms with Crippen LogP contribution >= 0.6 is 0 Å². The minimum atomic E-state index is -0.374. The van der Waals surface area contributed by atoms with Gasteiger partial charge in [-0.15, -0.1) is 0 Å². The highest BCUT2D eigenvalue weighted by Gasteiger charge is 2.04. The molecule has 0 atom stereocenters. The Hall–Kier alpha value is -2.79. The topological polar surface area (TPSA) is 81.5 Å². The predicted octanol–water partition coefficient (Wildman–Crippen LogP) is 3.19. The van der Waals surface area contributed by atoms with Crippen molar-refractivity contribution in [2.45, 2.75) is 13.5 Å². The van der Waals surface area contributed by atoms with Gasteiger partial charge in [0.1, 0.15) is 5.82 Å². The number of hydrogen-bond donors (Lipinski definition) is 2. The Balaban J connectivity index is 2.25. The van der Waals surface area contributed by atoms with E-state index in [1.807, 2.05) is 0 Å². The van der Waals surface area contributed by atoms with Crippen LogP contribution in [-0.2, 0) is 6.54 Å². The molecule has 0 amide bonds. The van der Waals surface area contributed by atoms with Crippen LogP contribution in [0.2, 0.25) is 0 Å². The van der Waals surface area contributed by atoms with Crippen LogP contribution in [0.15, 0.2) is 53.7 Å². The summed E-state index contributed by atoms with van der Waals surface area (Å²) >= 11 is 0. The lowest BCUT2D eigenvalue weighted by molar-refractivity contribution is 0.101. The molecule has 2 aromatic carbocycles. The van der Waals surface area contributed by atoms with Crippen molar-refractivity contribution >= 4 is 23.3 Å². The average molecular weight is 311 g/mol. The second kappa shape index (κ2) is 7.47. The van der Waals surface area contributed by atoms with E-state index in [9.17, 15) is 9.18 Å². The number of benzene rings is 2. The van der Waals surface area contributed by atoms with Crippen molar-refractivity contribution in [1.29, 1.82) is 0 Å². The molecule has 0 fully saturated rings. The minimum Gasteiger partial charge on any atom is -0.404 e. The Labute approximate surface area is 134 Å². The lowest BCUT2D eigenvalue weighted by Crippen LogP contribution is -2.00. The maximum absolute atomic E-state index is 13.6. The average Bonchev–Trinajstić information content (AvgIpc) is 2.55. The first kappa shape index (κ1) is 16.6. The SMILES string of the molecule is CC(=O)c1ccc(N=CC(=CN)c2cc(F)cc(CN)c2)cc1. The van der Waals surface area contributed by atoms with E-state index in [0.717, 1.165) is 0 Å². The molecule has 4 N–H and O–H groups in total. The van der Waals surface area contributed by atoms with Crippen LogP contribution in [0.25, 0.3) is 5.57 Å². The van der Waals surface area contributed by atoms with E-state index < -0.39 is 0 Å². The molecule has 0 saturated carbocycles. The summed E-state index contributed by atoms with van der Waals surface area (Å²) in [6.07, 6.45) is 2.92. The molecule has 0 unspecified atom stereocenters. The van der Waals surface area contributed by atoms with E-state index in [0.29, 0.717) is 28.0 Å². The summed E-state index contributed by atoms with van der Waals surface area (Å²) in [5.41, 5.74) is 14.3. The summed E-state index contributed by atoms with van der Waals surface area (Å²) < 4.78 is 13.6. The predicted molar refractivity (Wildman–Crippen MR) is 91.1 cm³/mol. The first-order valence-corrected chi connectivity index (χ1v) is 7.10. The Morgan fingerprint density at radius 2 is 1.87 bits per heavy atom. The van der Waals surface area contributed by atoms with Gasteiger partial charge in [0.15, 0.2) is 5.78 Å². The number of rotatable bonds is 5. The van der Waals surface area contributed by atoms with E-state index >= 15 is 0 Å². The van der Waals surface area contributed by atoms with Crippen LogP contribution in [-0.4, -0.2) is 12.0 Å². The number of carbonyl (C=O) groups is 1. The van der Waals surface area contributed by atoms with Gasteiger partial charge in [-0.2, -0.15) is 0 Å². The van der Waals surface area contributed by atoms with Crippen molar-refractivity contribution in [3.63, 3.8) is 0 Å². The van der Waals surface area contributed by atoms with E-state index in [-0.39, 0.29) is 18.1 Å². The molecule has 0 spiro atoms. The molecule has 0 bridgehead atoms. The molecule has 0 aliphatic carbocycles. The van der Waals surface area contributed by atoms with Crippen molar-refractivity contribution in [2.75, 3.05) is 0 Å². The molecular formula is C18H18FN3O. The molecular weight excluding hydrogens is 293 g/mol. The van der Waals surface area contributed by atoms with Crippen molar-refractivity contribution < 1.29 is 9.18 Å². The fraction of sp³-hybridized carbons (Fsp3) is 0.111. The second-order valence-corrected chi connectivity index (χ2v) is 5.04. The molecule has 5 heteroatoms. The number of carbonyl (C=O) groups excluding carboxylic acids is 1. The summed E-state index contributed by atoms with van der Waals surface area (Å²) in [4.78, 5) is 15.5. The first-order valence-electron chi connectivity index (χ1n) is 7.10. The number of nitrogens with two attached hydrogens (primary N) is 2. The highest BCUT2D eigenvalue weighted by molar-refractivity contribution is 6.10. The number of allylic oxidation sites excluding steroid dienone is 1. The Kier molecular flexibility index (Phi) is 5.38. The van der Waals surface area contributed by atoms with E-state index in [4.69, 9.17) is 11.5 Å². The second-order valence-electron chi connectivity index (χ2n) is 5.04. The lowest BCUT2D eigenvalue weighted by Gasteiger charge is -2.05. The molecule has 4 nitrogen and oxygen atoms in total. The third-order valence-corrected chi connectivity index (χ3v) is 3.33. The van der Waals surface area contributed by atoms with Gasteiger partial charge in [-0.1, -0.05) is 0 Å². The van der Waals surface area contributed by atoms with Crippen LogP contribution < -0.4 is 11.5 Å². The maximum atomic E-state index is 13.6. The maximum Gasteiger partial charge on any atom is 0.159 e. The lowest BCUT2D eigenvalue weighted by atomic mass is 10.0. The van der Waals surface area contributed by atoms with Crippen molar-refractivity contribution in [3.8, 4) is 0 Å². The van der Waals surface area contributed by atoms with Gasteiger partial charge in [-0.25, -0.2) is 4.39 Å². The summed E-state index contributed by atoms with van der Waals surface area (Å²) in [5, 5.41) is 0. The number of halogens is 1. The normalized spacial score (nSPS) is 11.9. The standard InChI is InChI=1S/C18H18FN3O/c1-12(23)14-2-4-18(5-3-14)22-11-16(10-21)15-6-13(9-20)7-17(19)8-15/h2-8,10-11H,9,20-21H2,1H3. The largest absolute Gasteiger partial charge is 0.404 e. The van der Waals surface area contributed by atoms with Gasteiger partial charge in [0.2, 0.25) is 0 Å². The zero-order valence-electron chi connectivity index (χ0n) is 12.8. The monoisotopic (exact) mass is 311 g/mol. The summed E-state index contributed by atoms with van der Waals surface area (Å²) in [6.45, 7) is 1.75. The molecule has 0 aliphatic rings. The summed E-state index contributed by atoms with van der Waals surface area (Å²) in [5.74, 6) is -0.376. The van der Waals surface area contributed by atoms with Crippen LogP contribution in [0.1, 0.15) is 28.4 Å². The van der Waals surface area contributed by atoms with Crippen LogP contribution in [0.5, 0.6) is 0 Å². The Morgan fingerprint density at radius 1 is 1.17 bits per heavy atom. The van der Waals surface area contributed by atoms with Gasteiger partial charge in [-0.05, 0) is 60.5 Å². The van der Waals surface area contributed by atoms with Gasteiger partial charge in [0, 0.05) is 30.1 Å². The first-order chi connectivity index (χ1) is 11.0. The van der Waals surface area contributed by atoms with Gasteiger partial charge < -0.3 is 11.5 Å². The van der Waals surface area contributed by atoms with E-state index in [1.165, 1.54) is 25.3 Å². The van der Waals surface area contributed by atoms with Gasteiger partial charge >= 0.3 is 0 Å².